The van der Waals surface area contributed by atoms with E-state index in [1.54, 1.807) is 18.4 Å². The van der Waals surface area contributed by atoms with Crippen molar-refractivity contribution in [3.05, 3.63) is 51.0 Å². The lowest BCUT2D eigenvalue weighted by Gasteiger charge is -2.12. The summed E-state index contributed by atoms with van der Waals surface area (Å²) in [6.45, 7) is 7.84. The predicted molar refractivity (Wildman–Crippen MR) is 118 cm³/mol. The van der Waals surface area contributed by atoms with E-state index in [-0.39, 0.29) is 29.9 Å². The first-order valence-electron chi connectivity index (χ1n) is 8.28. The largest absolute Gasteiger partial charge is 0.352 e. The average molecular weight is 487 g/mol. The van der Waals surface area contributed by atoms with E-state index in [9.17, 15) is 4.79 Å². The Morgan fingerprint density at radius 3 is 2.54 bits per heavy atom. The molecular weight excluding hydrogens is 461 g/mol. The summed E-state index contributed by atoms with van der Waals surface area (Å²) in [5.41, 5.74) is 2.75. The Morgan fingerprint density at radius 2 is 1.92 bits per heavy atom. The lowest BCUT2D eigenvalue weighted by molar-refractivity contribution is 0.0955. The third kappa shape index (κ3) is 6.56. The number of benzene rings is 1. The molecule has 26 heavy (non-hydrogen) atoms. The number of aryl methyl sites for hydroxylation is 2. The van der Waals surface area contributed by atoms with Crippen molar-refractivity contribution in [2.24, 2.45) is 4.99 Å². The van der Waals surface area contributed by atoms with Gasteiger partial charge in [-0.25, -0.2) is 4.98 Å². The summed E-state index contributed by atoms with van der Waals surface area (Å²) >= 11 is 1.69. The molecule has 1 aromatic heterocycles. The topological polar surface area (TPSA) is 78.4 Å². The van der Waals surface area contributed by atoms with Crippen LogP contribution >= 0.6 is 35.3 Å². The number of guanidine groups is 1. The van der Waals surface area contributed by atoms with Crippen molar-refractivity contribution in [3.8, 4) is 0 Å². The number of thiazole rings is 1. The van der Waals surface area contributed by atoms with Crippen LogP contribution in [0.2, 0.25) is 0 Å². The highest BCUT2D eigenvalue weighted by Crippen LogP contribution is 2.16. The number of nitrogens with one attached hydrogen (secondary N) is 3. The number of rotatable bonds is 6. The molecule has 1 heterocycles. The molecule has 142 valence electrons. The molecule has 8 heteroatoms. The Labute approximate surface area is 175 Å². The second kappa shape index (κ2) is 11.1. The minimum absolute atomic E-state index is 0. The van der Waals surface area contributed by atoms with E-state index in [0.29, 0.717) is 31.2 Å². The molecule has 1 amide bonds. The highest BCUT2D eigenvalue weighted by molar-refractivity contribution is 14.0. The fourth-order valence-corrected chi connectivity index (χ4v) is 3.27. The smallest absolute Gasteiger partial charge is 0.251 e. The Morgan fingerprint density at radius 1 is 1.19 bits per heavy atom. The monoisotopic (exact) mass is 487 g/mol. The van der Waals surface area contributed by atoms with Crippen LogP contribution in [0.1, 0.15) is 38.4 Å². The second-order valence-electron chi connectivity index (χ2n) is 5.58. The molecule has 0 saturated heterocycles. The van der Waals surface area contributed by atoms with Gasteiger partial charge in [0.1, 0.15) is 0 Å². The number of hydrogen-bond donors (Lipinski definition) is 3. The molecule has 0 aliphatic carbocycles. The van der Waals surface area contributed by atoms with E-state index in [4.69, 9.17) is 0 Å². The minimum Gasteiger partial charge on any atom is -0.352 e. The van der Waals surface area contributed by atoms with Crippen LogP contribution in [0.5, 0.6) is 0 Å². The second-order valence-corrected chi connectivity index (χ2v) is 6.87. The van der Waals surface area contributed by atoms with Gasteiger partial charge in [0.2, 0.25) is 0 Å². The Bertz CT molecular complexity index is 760. The van der Waals surface area contributed by atoms with E-state index in [0.717, 1.165) is 16.3 Å². The number of amides is 1. The number of carbonyl (C=O) groups excluding carboxylic acids is 1. The number of halogens is 1. The fraction of sp³-hybridized carbons (Fsp3) is 0.389. The van der Waals surface area contributed by atoms with Crippen LogP contribution in [0.25, 0.3) is 0 Å². The molecule has 0 aliphatic rings. The van der Waals surface area contributed by atoms with Gasteiger partial charge in [0.05, 0.1) is 17.2 Å². The summed E-state index contributed by atoms with van der Waals surface area (Å²) in [5.74, 6) is 0.664. The zero-order valence-corrected chi connectivity index (χ0v) is 18.7. The normalized spacial score (nSPS) is 10.8. The highest BCUT2D eigenvalue weighted by Gasteiger charge is 2.07. The highest BCUT2D eigenvalue weighted by atomic mass is 127. The molecule has 0 saturated carbocycles. The SMILES string of the molecule is CCNC(=O)c1cccc(CNC(=NC)NCc2sc(C)nc2C)c1.I. The maximum atomic E-state index is 11.9. The number of aliphatic imine (C=N–C) groups is 1. The van der Waals surface area contributed by atoms with Crippen LogP contribution in [0.15, 0.2) is 29.3 Å². The van der Waals surface area contributed by atoms with Gasteiger partial charge in [-0.2, -0.15) is 0 Å². The van der Waals surface area contributed by atoms with Gasteiger partial charge in [-0.1, -0.05) is 12.1 Å². The summed E-state index contributed by atoms with van der Waals surface area (Å²) in [5, 5.41) is 10.4. The molecule has 0 aliphatic heterocycles. The Hall–Kier alpha value is -1.68. The van der Waals surface area contributed by atoms with Gasteiger partial charge in [0, 0.05) is 30.6 Å². The maximum Gasteiger partial charge on any atom is 0.251 e. The molecule has 0 spiro atoms. The van der Waals surface area contributed by atoms with Crippen LogP contribution in [0.3, 0.4) is 0 Å². The first kappa shape index (κ1) is 22.4. The number of hydrogen-bond acceptors (Lipinski definition) is 4. The molecule has 0 unspecified atom stereocenters. The van der Waals surface area contributed by atoms with Gasteiger partial charge in [-0.05, 0) is 38.5 Å². The van der Waals surface area contributed by atoms with Gasteiger partial charge in [-0.15, -0.1) is 35.3 Å². The number of aromatic nitrogens is 1. The molecule has 2 aromatic rings. The molecule has 3 N–H and O–H groups in total. The molecule has 2 rings (SSSR count). The van der Waals surface area contributed by atoms with Crippen LogP contribution in [-0.2, 0) is 13.1 Å². The third-order valence-electron chi connectivity index (χ3n) is 3.63. The summed E-state index contributed by atoms with van der Waals surface area (Å²) < 4.78 is 0. The molecule has 0 fully saturated rings. The standard InChI is InChI=1S/C18H25N5OS.HI/c1-5-20-17(24)15-8-6-7-14(9-15)10-21-18(19-4)22-11-16-12(2)23-13(3)25-16;/h6-9H,5,10-11H2,1-4H3,(H,20,24)(H2,19,21,22);1H. The van der Waals surface area contributed by atoms with Crippen LogP contribution in [0.4, 0.5) is 0 Å². The van der Waals surface area contributed by atoms with Gasteiger partial charge in [0.25, 0.3) is 5.91 Å². The summed E-state index contributed by atoms with van der Waals surface area (Å²) in [7, 11) is 1.74. The van der Waals surface area contributed by atoms with Crippen molar-refractivity contribution >= 4 is 47.2 Å². The van der Waals surface area contributed by atoms with Crippen LogP contribution in [0, 0.1) is 13.8 Å². The van der Waals surface area contributed by atoms with E-state index >= 15 is 0 Å². The molecule has 6 nitrogen and oxygen atoms in total. The number of nitrogens with zero attached hydrogens (tertiary/aromatic N) is 2. The van der Waals surface area contributed by atoms with E-state index in [1.807, 2.05) is 45.0 Å². The molecule has 0 atom stereocenters. The van der Waals surface area contributed by atoms with Gasteiger partial charge in [0.15, 0.2) is 5.96 Å². The van der Waals surface area contributed by atoms with E-state index in [2.05, 4.69) is 25.9 Å². The lowest BCUT2D eigenvalue weighted by atomic mass is 10.1. The first-order valence-corrected chi connectivity index (χ1v) is 9.09. The third-order valence-corrected chi connectivity index (χ3v) is 4.70. The molecular formula is C18H26IN5OS. The zero-order valence-electron chi connectivity index (χ0n) is 15.5. The van der Waals surface area contributed by atoms with Gasteiger partial charge in [-0.3, -0.25) is 9.79 Å². The first-order chi connectivity index (χ1) is 12.0. The number of carbonyl (C=O) groups is 1. The van der Waals surface area contributed by atoms with Gasteiger partial charge >= 0.3 is 0 Å². The van der Waals surface area contributed by atoms with Crippen LogP contribution < -0.4 is 16.0 Å². The summed E-state index contributed by atoms with van der Waals surface area (Å²) in [6, 6.07) is 7.58. The van der Waals surface area contributed by atoms with Crippen molar-refractivity contribution < 1.29 is 4.79 Å². The minimum atomic E-state index is -0.0529. The van der Waals surface area contributed by atoms with Crippen molar-refractivity contribution in [2.75, 3.05) is 13.6 Å². The van der Waals surface area contributed by atoms with E-state index in [1.165, 1.54) is 4.88 Å². The Balaban J connectivity index is 0.00000338. The van der Waals surface area contributed by atoms with Crippen molar-refractivity contribution in [1.29, 1.82) is 0 Å². The summed E-state index contributed by atoms with van der Waals surface area (Å²) in [4.78, 5) is 21.8. The lowest BCUT2D eigenvalue weighted by Crippen LogP contribution is -2.36. The fourth-order valence-electron chi connectivity index (χ4n) is 2.39. The molecule has 1 aromatic carbocycles. The van der Waals surface area contributed by atoms with E-state index < -0.39 is 0 Å². The van der Waals surface area contributed by atoms with Crippen molar-refractivity contribution in [1.82, 2.24) is 20.9 Å². The van der Waals surface area contributed by atoms with Crippen molar-refractivity contribution in [2.45, 2.75) is 33.9 Å². The average Bonchev–Trinajstić information content (AvgIpc) is 2.93. The molecule has 0 radical (unpaired) electrons. The molecule has 0 bridgehead atoms. The van der Waals surface area contributed by atoms with Gasteiger partial charge < -0.3 is 16.0 Å². The van der Waals surface area contributed by atoms with Crippen molar-refractivity contribution in [3.63, 3.8) is 0 Å². The van der Waals surface area contributed by atoms with Crippen LogP contribution in [-0.4, -0.2) is 30.4 Å². The quantitative estimate of drug-likeness (QED) is 0.333. The maximum absolute atomic E-state index is 11.9. The Kier molecular flexibility index (Phi) is 9.57. The summed E-state index contributed by atoms with van der Waals surface area (Å²) in [6.07, 6.45) is 0. The predicted octanol–water partition coefficient (Wildman–Crippen LogP) is 2.99. The zero-order chi connectivity index (χ0) is 18.2.